The van der Waals surface area contributed by atoms with Crippen molar-refractivity contribution in [1.29, 1.82) is 0 Å². The zero-order valence-corrected chi connectivity index (χ0v) is 8.12. The van der Waals surface area contributed by atoms with Crippen molar-refractivity contribution in [3.05, 3.63) is 34.3 Å². The lowest BCUT2D eigenvalue weighted by molar-refractivity contribution is 0.361. The van der Waals surface area contributed by atoms with Gasteiger partial charge in [0.25, 0.3) is 0 Å². The molecule has 1 rings (SSSR count). The van der Waals surface area contributed by atoms with E-state index >= 15 is 0 Å². The molecule has 1 aromatic carbocycles. The summed E-state index contributed by atoms with van der Waals surface area (Å²) in [6.07, 6.45) is 0. The predicted molar refractivity (Wildman–Crippen MR) is 48.6 cm³/mol. The summed E-state index contributed by atoms with van der Waals surface area (Å²) < 4.78 is 5.99. The van der Waals surface area contributed by atoms with E-state index in [2.05, 4.69) is 25.4 Å². The molecule has 1 unspecified atom stereocenters. The number of hydrogen-bond donors (Lipinski definition) is 0. The maximum atomic E-state index is 4.90. The maximum absolute atomic E-state index is 4.90. The second-order valence-corrected chi connectivity index (χ2v) is 3.09. The monoisotopic (exact) mass is 218 g/mol. The van der Waals surface area contributed by atoms with Crippen LogP contribution in [0.2, 0.25) is 0 Å². The van der Waals surface area contributed by atoms with Crippen LogP contribution in [-0.2, 0) is 11.1 Å². The summed E-state index contributed by atoms with van der Waals surface area (Å²) in [5.41, 5.74) is 1.16. The van der Waals surface area contributed by atoms with Gasteiger partial charge in [-0.25, -0.2) is 0 Å². The number of benzene rings is 1. The van der Waals surface area contributed by atoms with Crippen LogP contribution in [0.5, 0.6) is 0 Å². The molecule has 0 aromatic heterocycles. The van der Waals surface area contributed by atoms with Crippen LogP contribution in [0.4, 0.5) is 0 Å². The van der Waals surface area contributed by atoms with Gasteiger partial charge in [0.1, 0.15) is 0 Å². The molecule has 0 amide bonds. The van der Waals surface area contributed by atoms with Gasteiger partial charge in [0.15, 0.2) is 0 Å². The fourth-order valence-electron chi connectivity index (χ4n) is 0.705. The van der Waals surface area contributed by atoms with Crippen LogP contribution in [-0.4, -0.2) is 0 Å². The Kier molecular flexibility index (Phi) is 3.33. The van der Waals surface area contributed by atoms with Crippen molar-refractivity contribution >= 4 is 25.4 Å². The van der Waals surface area contributed by atoms with Gasteiger partial charge in [-0.05, 0) is 11.6 Å². The van der Waals surface area contributed by atoms with E-state index in [9.17, 15) is 0 Å². The smallest absolute Gasteiger partial charge is 0.0763 e. The molecular weight excluding hydrogens is 211 g/mol. The largest absolute Gasteiger partial charge is 0.361 e. The lowest BCUT2D eigenvalue weighted by atomic mass is 10.2. The Hall–Kier alpha value is 0.0900. The van der Waals surface area contributed by atoms with Crippen molar-refractivity contribution in [2.75, 3.05) is 0 Å². The van der Waals surface area contributed by atoms with Gasteiger partial charge in [-0.2, -0.15) is 0 Å². The molecule has 54 valence electrons. The van der Waals surface area contributed by atoms with Crippen LogP contribution in [0.3, 0.4) is 0 Å². The van der Waals surface area contributed by atoms with Crippen LogP contribution < -0.4 is 0 Å². The molecule has 0 aliphatic rings. The van der Waals surface area contributed by atoms with Crippen molar-refractivity contribution < 1.29 is 4.52 Å². The molecule has 0 bridgehead atoms. The van der Waals surface area contributed by atoms with Crippen LogP contribution >= 0.6 is 25.4 Å². The third kappa shape index (κ3) is 2.05. The van der Waals surface area contributed by atoms with E-state index in [4.69, 9.17) is 4.52 Å². The van der Waals surface area contributed by atoms with Gasteiger partial charge in [0.2, 0.25) is 0 Å². The Morgan fingerprint density at radius 3 is 2.70 bits per heavy atom. The van der Waals surface area contributed by atoms with Gasteiger partial charge in [0.05, 0.1) is 6.61 Å². The summed E-state index contributed by atoms with van der Waals surface area (Å²) in [4.78, 5) is 0. The van der Waals surface area contributed by atoms with Gasteiger partial charge in [-0.1, -0.05) is 34.1 Å². The van der Waals surface area contributed by atoms with E-state index in [1.165, 1.54) is 0 Å². The van der Waals surface area contributed by atoms with Crippen molar-refractivity contribution in [2.45, 2.75) is 6.61 Å². The highest BCUT2D eigenvalue weighted by Gasteiger charge is 1.94. The molecule has 0 aliphatic heterocycles. The molecule has 0 saturated heterocycles. The minimum atomic E-state index is 0.631. The topological polar surface area (TPSA) is 9.23 Å². The summed E-state index contributed by atoms with van der Waals surface area (Å²) in [5.74, 6) is 0. The van der Waals surface area contributed by atoms with E-state index in [-0.39, 0.29) is 0 Å². The Bertz CT molecular complexity index is 215. The predicted octanol–water partition coefficient (Wildman–Crippen LogP) is 2.76. The lowest BCUT2D eigenvalue weighted by Gasteiger charge is -2.00. The van der Waals surface area contributed by atoms with Gasteiger partial charge in [-0.15, -0.1) is 0 Å². The molecule has 10 heavy (non-hydrogen) atoms. The van der Waals surface area contributed by atoms with E-state index in [0.29, 0.717) is 6.61 Å². The molecule has 0 aliphatic carbocycles. The van der Waals surface area contributed by atoms with E-state index in [1.54, 1.807) is 0 Å². The zero-order valence-electron chi connectivity index (χ0n) is 5.38. The normalized spacial score (nSPS) is 9.80. The molecule has 0 radical (unpaired) electrons. The molecule has 0 saturated carbocycles. The van der Waals surface area contributed by atoms with Crippen molar-refractivity contribution in [1.82, 2.24) is 0 Å². The van der Waals surface area contributed by atoms with Gasteiger partial charge < -0.3 is 4.52 Å². The number of rotatable bonds is 2. The van der Waals surface area contributed by atoms with Crippen LogP contribution in [0.25, 0.3) is 0 Å². The van der Waals surface area contributed by atoms with Crippen molar-refractivity contribution in [2.24, 2.45) is 0 Å². The highest BCUT2D eigenvalue weighted by atomic mass is 79.9. The minimum Gasteiger partial charge on any atom is -0.361 e. The first-order valence-corrected chi connectivity index (χ1v) is 4.16. The first kappa shape index (κ1) is 8.19. The Balaban J connectivity index is 2.81. The van der Waals surface area contributed by atoms with Gasteiger partial charge >= 0.3 is 0 Å². The van der Waals surface area contributed by atoms with E-state index in [0.717, 1.165) is 10.0 Å². The second-order valence-electron chi connectivity index (χ2n) is 1.90. The summed E-state index contributed by atoms with van der Waals surface area (Å²) in [6.45, 7) is 0.631. The second kappa shape index (κ2) is 4.07. The average Bonchev–Trinajstić information content (AvgIpc) is 1.94. The Morgan fingerprint density at radius 2 is 2.10 bits per heavy atom. The summed E-state index contributed by atoms with van der Waals surface area (Å²) in [6, 6.07) is 7.99. The molecule has 1 atom stereocenters. The van der Waals surface area contributed by atoms with Crippen LogP contribution in [0.1, 0.15) is 5.56 Å². The van der Waals surface area contributed by atoms with E-state index < -0.39 is 0 Å². The molecule has 1 nitrogen and oxygen atoms in total. The minimum absolute atomic E-state index is 0.631. The fraction of sp³-hybridized carbons (Fsp3) is 0.143. The molecule has 0 spiro atoms. The molecular formula is C7H8BrOP. The van der Waals surface area contributed by atoms with Crippen molar-refractivity contribution in [3.63, 3.8) is 0 Å². The lowest BCUT2D eigenvalue weighted by Crippen LogP contribution is -1.83. The zero-order chi connectivity index (χ0) is 7.40. The molecule has 1 aromatic rings. The maximum Gasteiger partial charge on any atom is 0.0763 e. The standard InChI is InChI=1S/C7H8BrOP/c8-7-4-2-1-3-6(7)5-9-10/h1-4H,5,10H2. The molecule has 3 heteroatoms. The first-order valence-electron chi connectivity index (χ1n) is 2.89. The number of halogens is 1. The highest BCUT2D eigenvalue weighted by molar-refractivity contribution is 9.10. The third-order valence-electron chi connectivity index (χ3n) is 1.20. The summed E-state index contributed by atoms with van der Waals surface area (Å²) >= 11 is 3.41. The van der Waals surface area contributed by atoms with Gasteiger partial charge in [-0.3, -0.25) is 0 Å². The quantitative estimate of drug-likeness (QED) is 0.695. The van der Waals surface area contributed by atoms with Crippen LogP contribution in [0, 0.1) is 0 Å². The van der Waals surface area contributed by atoms with Crippen molar-refractivity contribution in [3.8, 4) is 0 Å². The SMILES string of the molecule is POCc1ccccc1Br. The Morgan fingerprint density at radius 1 is 1.40 bits per heavy atom. The molecule has 0 heterocycles. The third-order valence-corrected chi connectivity index (χ3v) is 2.14. The molecule has 0 N–H and O–H groups in total. The van der Waals surface area contributed by atoms with E-state index in [1.807, 2.05) is 24.3 Å². The average molecular weight is 219 g/mol. The highest BCUT2D eigenvalue weighted by Crippen LogP contribution is 2.16. The summed E-state index contributed by atoms with van der Waals surface area (Å²) in [5, 5.41) is 0. The van der Waals surface area contributed by atoms with Crippen LogP contribution in [0.15, 0.2) is 28.7 Å². The molecule has 0 fully saturated rings. The number of hydrogen-bond acceptors (Lipinski definition) is 1. The van der Waals surface area contributed by atoms with Gasteiger partial charge in [0, 0.05) is 13.9 Å². The summed E-state index contributed by atoms with van der Waals surface area (Å²) in [7, 11) is 2.23. The Labute approximate surface area is 71.2 Å². The fourth-order valence-corrected chi connectivity index (χ4v) is 1.28. The first-order chi connectivity index (χ1) is 4.84.